The van der Waals surface area contributed by atoms with E-state index in [2.05, 4.69) is 10.3 Å². The second-order valence-electron chi connectivity index (χ2n) is 8.76. The molecule has 162 valence electrons. The van der Waals surface area contributed by atoms with Crippen molar-refractivity contribution in [1.82, 2.24) is 4.98 Å². The molecule has 4 N–H and O–H groups in total. The summed E-state index contributed by atoms with van der Waals surface area (Å²) in [6.07, 6.45) is 0. The fourth-order valence-corrected chi connectivity index (χ4v) is 4.68. The van der Waals surface area contributed by atoms with Crippen molar-refractivity contribution < 1.29 is 19.4 Å². The van der Waals surface area contributed by atoms with E-state index < -0.39 is 0 Å². The van der Waals surface area contributed by atoms with E-state index in [1.54, 1.807) is 0 Å². The average Bonchev–Trinajstić information content (AvgIpc) is 3.08. The molecule has 0 bridgehead atoms. The van der Waals surface area contributed by atoms with E-state index in [1.165, 1.54) is 9.80 Å². The first kappa shape index (κ1) is 21.3. The number of ketones is 1. The fraction of sp³-hybridized carbons (Fsp3) is 0.360. The molecule has 0 spiro atoms. The molecule has 6 heteroatoms. The van der Waals surface area contributed by atoms with Gasteiger partial charge in [0, 0.05) is 22.3 Å². The number of aryl methyl sites for hydroxylation is 3. The Morgan fingerprint density at radius 1 is 0.871 bits per heavy atom. The number of quaternary nitrogens is 2. The maximum atomic E-state index is 13.0. The molecule has 0 unspecified atom stereocenters. The van der Waals surface area contributed by atoms with Crippen LogP contribution in [-0.2, 0) is 4.79 Å². The third kappa shape index (κ3) is 4.70. The number of H-pyrrole nitrogens is 1. The van der Waals surface area contributed by atoms with Gasteiger partial charge in [0.25, 0.3) is 5.91 Å². The highest BCUT2D eigenvalue weighted by Crippen LogP contribution is 2.22. The number of nitrogens with one attached hydrogen (secondary N) is 4. The molecule has 0 radical (unpaired) electrons. The summed E-state index contributed by atoms with van der Waals surface area (Å²) in [5.74, 6) is 0.252. The van der Waals surface area contributed by atoms with Gasteiger partial charge < -0.3 is 20.1 Å². The molecule has 1 amide bonds. The summed E-state index contributed by atoms with van der Waals surface area (Å²) in [4.78, 5) is 31.5. The number of amides is 1. The smallest absolute Gasteiger partial charge is 0.279 e. The number of fused-ring (bicyclic) bond motifs is 1. The van der Waals surface area contributed by atoms with E-state index in [0.29, 0.717) is 13.1 Å². The molecule has 2 aromatic carbocycles. The predicted octanol–water partition coefficient (Wildman–Crippen LogP) is 0.698. The van der Waals surface area contributed by atoms with Crippen molar-refractivity contribution in [2.45, 2.75) is 20.8 Å². The van der Waals surface area contributed by atoms with E-state index in [9.17, 15) is 9.59 Å². The lowest BCUT2D eigenvalue weighted by Crippen LogP contribution is -3.28. The van der Waals surface area contributed by atoms with Crippen LogP contribution < -0.4 is 15.1 Å². The van der Waals surface area contributed by atoms with Gasteiger partial charge in [-0.2, -0.15) is 0 Å². The molecule has 0 aliphatic carbocycles. The summed E-state index contributed by atoms with van der Waals surface area (Å²) in [7, 11) is 0. The highest BCUT2D eigenvalue weighted by atomic mass is 16.2. The minimum atomic E-state index is 0.0568. The molecule has 31 heavy (non-hydrogen) atoms. The van der Waals surface area contributed by atoms with Crippen molar-refractivity contribution >= 4 is 28.3 Å². The maximum Gasteiger partial charge on any atom is 0.279 e. The Morgan fingerprint density at radius 2 is 1.48 bits per heavy atom. The lowest BCUT2D eigenvalue weighted by atomic mass is 10.1. The van der Waals surface area contributed by atoms with E-state index in [1.807, 2.05) is 63.2 Å². The van der Waals surface area contributed by atoms with Crippen LogP contribution in [0.2, 0.25) is 0 Å². The van der Waals surface area contributed by atoms with Crippen LogP contribution in [-0.4, -0.2) is 55.9 Å². The van der Waals surface area contributed by atoms with Gasteiger partial charge in [-0.25, -0.2) is 0 Å². The number of para-hydroxylation sites is 2. The van der Waals surface area contributed by atoms with E-state index in [0.717, 1.165) is 65.2 Å². The Morgan fingerprint density at radius 3 is 2.16 bits per heavy atom. The number of piperazine rings is 1. The molecule has 1 aliphatic heterocycles. The number of hydrogen-bond donors (Lipinski definition) is 4. The zero-order chi connectivity index (χ0) is 22.0. The third-order valence-electron chi connectivity index (χ3n) is 6.40. The van der Waals surface area contributed by atoms with Crippen LogP contribution in [0.5, 0.6) is 0 Å². The van der Waals surface area contributed by atoms with Crippen molar-refractivity contribution in [3.8, 4) is 0 Å². The van der Waals surface area contributed by atoms with E-state index >= 15 is 0 Å². The van der Waals surface area contributed by atoms with Crippen molar-refractivity contribution in [2.75, 3.05) is 44.6 Å². The highest BCUT2D eigenvalue weighted by molar-refractivity contribution is 6.09. The number of carbonyl (C=O) groups excluding carboxylic acids is 2. The zero-order valence-electron chi connectivity index (χ0n) is 18.6. The summed E-state index contributed by atoms with van der Waals surface area (Å²) in [6.45, 7) is 10.6. The largest absolute Gasteiger partial charge is 0.358 e. The van der Waals surface area contributed by atoms with Crippen LogP contribution >= 0.6 is 0 Å². The van der Waals surface area contributed by atoms with Gasteiger partial charge in [0.15, 0.2) is 6.54 Å². The van der Waals surface area contributed by atoms with Crippen LogP contribution in [0.15, 0.2) is 42.5 Å². The minimum absolute atomic E-state index is 0.0568. The summed E-state index contributed by atoms with van der Waals surface area (Å²) >= 11 is 0. The zero-order valence-corrected chi connectivity index (χ0v) is 18.6. The van der Waals surface area contributed by atoms with Crippen molar-refractivity contribution in [3.63, 3.8) is 0 Å². The summed E-state index contributed by atoms with van der Waals surface area (Å²) in [6, 6.07) is 14.0. The van der Waals surface area contributed by atoms with Crippen LogP contribution in [0, 0.1) is 20.8 Å². The van der Waals surface area contributed by atoms with E-state index in [4.69, 9.17) is 0 Å². The van der Waals surface area contributed by atoms with Gasteiger partial charge in [-0.3, -0.25) is 9.59 Å². The Balaban J connectivity index is 1.30. The average molecular weight is 421 g/mol. The normalized spacial score (nSPS) is 18.8. The SMILES string of the molecule is Cc1cccc(C)c1NC(=O)C[NH+]1CC[NH+](CC(=O)c2c(C)[nH]c3ccccc23)CC1. The fourth-order valence-electron chi connectivity index (χ4n) is 4.68. The second-order valence-corrected chi connectivity index (χ2v) is 8.76. The minimum Gasteiger partial charge on any atom is -0.358 e. The number of carbonyl (C=O) groups is 2. The Bertz CT molecular complexity index is 1090. The van der Waals surface area contributed by atoms with Gasteiger partial charge in [0.2, 0.25) is 5.78 Å². The number of aromatic nitrogens is 1. The number of hydrogen-bond acceptors (Lipinski definition) is 2. The molecule has 2 heterocycles. The van der Waals surface area contributed by atoms with Gasteiger partial charge >= 0.3 is 0 Å². The van der Waals surface area contributed by atoms with Crippen molar-refractivity contribution in [1.29, 1.82) is 0 Å². The van der Waals surface area contributed by atoms with Crippen LogP contribution in [0.25, 0.3) is 10.9 Å². The first-order valence-electron chi connectivity index (χ1n) is 11.1. The quantitative estimate of drug-likeness (QED) is 0.444. The van der Waals surface area contributed by atoms with E-state index in [-0.39, 0.29) is 11.7 Å². The standard InChI is InChI=1S/C25H30N4O2/c1-17-7-6-8-18(2)25(17)27-23(31)16-29-13-11-28(12-14-29)15-22(30)24-19(3)26-21-10-5-4-9-20(21)24/h4-10,26H,11-16H2,1-3H3,(H,27,31)/p+2. The molecular formula is C25H32N4O2+2. The van der Waals surface area contributed by atoms with Crippen LogP contribution in [0.1, 0.15) is 27.2 Å². The lowest BCUT2D eigenvalue weighted by molar-refractivity contribution is -1.00. The van der Waals surface area contributed by atoms with Crippen molar-refractivity contribution in [3.05, 3.63) is 64.8 Å². The topological polar surface area (TPSA) is 70.8 Å². The lowest BCUT2D eigenvalue weighted by Gasteiger charge is -2.29. The number of aromatic amines is 1. The van der Waals surface area contributed by atoms with Gasteiger partial charge in [0.05, 0.1) is 5.56 Å². The van der Waals surface area contributed by atoms with Gasteiger partial charge in [-0.1, -0.05) is 36.4 Å². The maximum absolute atomic E-state index is 13.0. The molecule has 0 atom stereocenters. The molecule has 6 nitrogen and oxygen atoms in total. The molecule has 0 saturated carbocycles. The molecule has 1 saturated heterocycles. The number of anilines is 1. The number of Topliss-reactive ketones (excluding diaryl/α,β-unsaturated/α-hetero) is 1. The molecule has 1 fully saturated rings. The monoisotopic (exact) mass is 420 g/mol. The number of benzene rings is 2. The summed E-state index contributed by atoms with van der Waals surface area (Å²) < 4.78 is 0. The second kappa shape index (κ2) is 9.04. The van der Waals surface area contributed by atoms with Gasteiger partial charge in [-0.05, 0) is 38.0 Å². The van der Waals surface area contributed by atoms with Gasteiger partial charge in [0.1, 0.15) is 32.7 Å². The van der Waals surface area contributed by atoms with Gasteiger partial charge in [-0.15, -0.1) is 0 Å². The Hall–Kier alpha value is -2.96. The molecule has 4 rings (SSSR count). The third-order valence-corrected chi connectivity index (χ3v) is 6.40. The van der Waals surface area contributed by atoms with Crippen LogP contribution in [0.4, 0.5) is 5.69 Å². The Kier molecular flexibility index (Phi) is 6.20. The molecule has 1 aliphatic rings. The highest BCUT2D eigenvalue weighted by Gasteiger charge is 2.28. The summed E-state index contributed by atoms with van der Waals surface area (Å²) in [5, 5.41) is 4.10. The Labute approximate surface area is 183 Å². The summed E-state index contributed by atoms with van der Waals surface area (Å²) in [5.41, 5.74) is 5.88. The molecule has 3 aromatic rings. The first-order chi connectivity index (χ1) is 14.9. The van der Waals surface area contributed by atoms with Crippen molar-refractivity contribution in [2.24, 2.45) is 0 Å². The van der Waals surface area contributed by atoms with Crippen LogP contribution in [0.3, 0.4) is 0 Å². The first-order valence-corrected chi connectivity index (χ1v) is 11.1. The predicted molar refractivity (Wildman–Crippen MR) is 123 cm³/mol. The number of rotatable bonds is 6. The molecule has 1 aromatic heterocycles. The molecular weight excluding hydrogens is 388 g/mol.